The highest BCUT2D eigenvalue weighted by Crippen LogP contribution is 2.31. The molecule has 0 heterocycles. The lowest BCUT2D eigenvalue weighted by Crippen LogP contribution is -2.45. The summed E-state index contributed by atoms with van der Waals surface area (Å²) >= 11 is 0. The molecule has 0 saturated heterocycles. The first-order valence-corrected chi connectivity index (χ1v) is 11.0. The molecule has 0 bridgehead atoms. The third-order valence-electron chi connectivity index (χ3n) is 4.75. The predicted octanol–water partition coefficient (Wildman–Crippen LogP) is 3.29. The van der Waals surface area contributed by atoms with Crippen LogP contribution in [0.2, 0.25) is 0 Å². The molecule has 0 aromatic heterocycles. The van der Waals surface area contributed by atoms with E-state index in [9.17, 15) is 18.3 Å². The van der Waals surface area contributed by atoms with Crippen LogP contribution in [0.5, 0.6) is 0 Å². The summed E-state index contributed by atoms with van der Waals surface area (Å²) in [6, 6.07) is 6.37. The van der Waals surface area contributed by atoms with E-state index < -0.39 is 27.4 Å². The van der Waals surface area contributed by atoms with Crippen molar-refractivity contribution in [1.82, 2.24) is 5.32 Å². The number of benzene rings is 1. The van der Waals surface area contributed by atoms with E-state index in [1.807, 2.05) is 6.92 Å². The summed E-state index contributed by atoms with van der Waals surface area (Å²) in [6.07, 6.45) is 1.87. The monoisotopic (exact) mass is 413 g/mol. The van der Waals surface area contributed by atoms with E-state index >= 15 is 0 Å². The van der Waals surface area contributed by atoms with Crippen LogP contribution in [0.4, 0.5) is 4.79 Å². The quantitative estimate of drug-likeness (QED) is 0.694. The Kier molecular flexibility index (Phi) is 7.12. The summed E-state index contributed by atoms with van der Waals surface area (Å²) in [6.45, 7) is 7.20. The molecule has 28 heavy (non-hydrogen) atoms. The van der Waals surface area contributed by atoms with E-state index in [2.05, 4.69) is 5.32 Å². The van der Waals surface area contributed by atoms with Gasteiger partial charge in [-0.25, -0.2) is 4.79 Å². The van der Waals surface area contributed by atoms with Gasteiger partial charge in [0.1, 0.15) is 5.60 Å². The molecule has 1 aromatic rings. The molecule has 7 nitrogen and oxygen atoms in total. The van der Waals surface area contributed by atoms with Crippen molar-refractivity contribution in [3.63, 3.8) is 0 Å². The van der Waals surface area contributed by atoms with Crippen molar-refractivity contribution >= 4 is 16.2 Å². The van der Waals surface area contributed by atoms with Crippen molar-refractivity contribution < 1.29 is 27.2 Å². The Hall–Kier alpha value is -1.64. The van der Waals surface area contributed by atoms with Crippen LogP contribution in [0.3, 0.4) is 0 Å². The highest BCUT2D eigenvalue weighted by molar-refractivity contribution is 7.86. The Morgan fingerprint density at radius 3 is 2.32 bits per heavy atom. The van der Waals surface area contributed by atoms with Crippen molar-refractivity contribution in [3.8, 4) is 0 Å². The Bertz CT molecular complexity index is 759. The van der Waals surface area contributed by atoms with Crippen LogP contribution in [0.1, 0.15) is 58.4 Å². The van der Waals surface area contributed by atoms with Gasteiger partial charge in [0, 0.05) is 12.5 Å². The maximum atomic E-state index is 12.2. The second-order valence-corrected chi connectivity index (χ2v) is 10.1. The molecule has 0 spiro atoms. The maximum absolute atomic E-state index is 12.2. The van der Waals surface area contributed by atoms with E-state index in [4.69, 9.17) is 8.92 Å². The highest BCUT2D eigenvalue weighted by atomic mass is 32.2. The first kappa shape index (κ1) is 22.6. The number of alkyl carbamates (subject to hydrolysis) is 1. The van der Waals surface area contributed by atoms with Crippen molar-refractivity contribution in [2.75, 3.05) is 6.61 Å². The Labute approximate surface area is 167 Å². The molecule has 0 unspecified atom stereocenters. The number of hydrogen-bond acceptors (Lipinski definition) is 6. The van der Waals surface area contributed by atoms with E-state index in [-0.39, 0.29) is 24.0 Å². The Balaban J connectivity index is 1.78. The molecule has 1 aliphatic rings. The molecule has 2 N–H and O–H groups in total. The summed E-state index contributed by atoms with van der Waals surface area (Å²) in [4.78, 5) is 12.0. The van der Waals surface area contributed by atoms with Gasteiger partial charge >= 0.3 is 6.09 Å². The van der Waals surface area contributed by atoms with Gasteiger partial charge in [-0.2, -0.15) is 8.42 Å². The fourth-order valence-corrected chi connectivity index (χ4v) is 4.05. The van der Waals surface area contributed by atoms with E-state index in [1.165, 1.54) is 12.1 Å². The largest absolute Gasteiger partial charge is 0.444 e. The first-order valence-electron chi connectivity index (χ1n) is 9.57. The first-order chi connectivity index (χ1) is 12.9. The number of aryl methyl sites for hydroxylation is 1. The number of amides is 1. The van der Waals surface area contributed by atoms with E-state index in [1.54, 1.807) is 32.9 Å². The lowest BCUT2D eigenvalue weighted by Gasteiger charge is -2.36. The van der Waals surface area contributed by atoms with Gasteiger partial charge in [0.15, 0.2) is 0 Å². The summed E-state index contributed by atoms with van der Waals surface area (Å²) in [5, 5.41) is 13.5. The van der Waals surface area contributed by atoms with Crippen LogP contribution >= 0.6 is 0 Å². The van der Waals surface area contributed by atoms with Gasteiger partial charge in [-0.1, -0.05) is 17.7 Å². The number of rotatable bonds is 6. The molecule has 1 fully saturated rings. The van der Waals surface area contributed by atoms with Crippen LogP contribution in [0, 0.1) is 6.92 Å². The number of aliphatic hydroxyl groups is 1. The zero-order valence-electron chi connectivity index (χ0n) is 17.0. The van der Waals surface area contributed by atoms with Crippen molar-refractivity contribution in [3.05, 3.63) is 29.8 Å². The average molecular weight is 414 g/mol. The van der Waals surface area contributed by atoms with Gasteiger partial charge in [0.2, 0.25) is 0 Å². The minimum atomic E-state index is -3.83. The van der Waals surface area contributed by atoms with Crippen molar-refractivity contribution in [2.45, 2.75) is 81.9 Å². The molecular formula is C20H31NO6S. The Morgan fingerprint density at radius 1 is 1.21 bits per heavy atom. The Morgan fingerprint density at radius 2 is 1.79 bits per heavy atom. The number of carbonyl (C=O) groups is 1. The molecular weight excluding hydrogens is 382 g/mol. The fourth-order valence-electron chi connectivity index (χ4n) is 3.14. The number of nitrogens with one attached hydrogen (secondary N) is 1. The normalized spacial score (nSPS) is 23.2. The molecule has 1 saturated carbocycles. The molecule has 158 valence electrons. The average Bonchev–Trinajstić information content (AvgIpc) is 2.56. The highest BCUT2D eigenvalue weighted by Gasteiger charge is 2.34. The molecule has 1 aliphatic carbocycles. The molecule has 0 radical (unpaired) electrons. The van der Waals surface area contributed by atoms with Crippen LogP contribution in [-0.2, 0) is 19.0 Å². The van der Waals surface area contributed by atoms with Crippen LogP contribution in [0.15, 0.2) is 29.2 Å². The molecule has 1 amide bonds. The van der Waals surface area contributed by atoms with Crippen LogP contribution in [0.25, 0.3) is 0 Å². The smallest absolute Gasteiger partial charge is 0.407 e. The summed E-state index contributed by atoms with van der Waals surface area (Å²) in [7, 11) is -3.83. The van der Waals surface area contributed by atoms with Gasteiger partial charge in [0.05, 0.1) is 17.1 Å². The number of ether oxygens (including phenoxy) is 1. The summed E-state index contributed by atoms with van der Waals surface area (Å²) in [5.41, 5.74) is -0.584. The van der Waals surface area contributed by atoms with Crippen molar-refractivity contribution in [1.29, 1.82) is 0 Å². The predicted molar refractivity (Wildman–Crippen MR) is 106 cm³/mol. The number of carbonyl (C=O) groups excluding carboxylic acids is 1. The van der Waals surface area contributed by atoms with Gasteiger partial charge in [-0.05, 0) is 65.5 Å². The van der Waals surface area contributed by atoms with Crippen LogP contribution < -0.4 is 5.32 Å². The van der Waals surface area contributed by atoms with Crippen LogP contribution in [-0.4, -0.2) is 43.5 Å². The van der Waals surface area contributed by atoms with Gasteiger partial charge in [0.25, 0.3) is 10.1 Å². The molecule has 2 rings (SSSR count). The second-order valence-electron chi connectivity index (χ2n) is 8.48. The molecule has 8 heteroatoms. The minimum Gasteiger partial charge on any atom is -0.444 e. The SMILES string of the molecule is Cc1ccc(S(=O)(=O)OCCC2(O)CCC(NC(=O)OC(C)(C)C)CC2)cc1. The summed E-state index contributed by atoms with van der Waals surface area (Å²) in [5.74, 6) is 0. The van der Waals surface area contributed by atoms with Gasteiger partial charge in [-0.3, -0.25) is 4.18 Å². The topological polar surface area (TPSA) is 102 Å². The third kappa shape index (κ3) is 7.07. The van der Waals surface area contributed by atoms with E-state index in [0.29, 0.717) is 25.7 Å². The fraction of sp³-hybridized carbons (Fsp3) is 0.650. The molecule has 1 aromatic carbocycles. The van der Waals surface area contributed by atoms with Gasteiger partial charge < -0.3 is 15.2 Å². The zero-order valence-corrected chi connectivity index (χ0v) is 17.8. The number of hydrogen-bond donors (Lipinski definition) is 2. The maximum Gasteiger partial charge on any atom is 0.407 e. The van der Waals surface area contributed by atoms with Gasteiger partial charge in [-0.15, -0.1) is 0 Å². The molecule has 0 atom stereocenters. The van der Waals surface area contributed by atoms with Crippen molar-refractivity contribution in [2.24, 2.45) is 0 Å². The lowest BCUT2D eigenvalue weighted by molar-refractivity contribution is -0.0212. The molecule has 0 aliphatic heterocycles. The third-order valence-corrected chi connectivity index (χ3v) is 6.08. The second kappa shape index (κ2) is 8.80. The lowest BCUT2D eigenvalue weighted by atomic mass is 9.80. The summed E-state index contributed by atoms with van der Waals surface area (Å²) < 4.78 is 34.8. The van der Waals surface area contributed by atoms with E-state index in [0.717, 1.165) is 5.56 Å². The minimum absolute atomic E-state index is 0.0627. The zero-order chi connectivity index (χ0) is 21.0. The standard InChI is InChI=1S/C20H31NO6S/c1-15-5-7-17(8-6-15)28(24,25)26-14-13-20(23)11-9-16(10-12-20)21-18(22)27-19(2,3)4/h5-8,16,23H,9-14H2,1-4H3,(H,21,22).